The number of nitrogens with one attached hydrogen (secondary N) is 3. The molecule has 3 heterocycles. The highest BCUT2D eigenvalue weighted by atomic mass is 127. The lowest BCUT2D eigenvalue weighted by atomic mass is 10.0. The van der Waals surface area contributed by atoms with Gasteiger partial charge in [0.25, 0.3) is 0 Å². The number of aryl methyl sites for hydroxylation is 1. The van der Waals surface area contributed by atoms with E-state index < -0.39 is 0 Å². The van der Waals surface area contributed by atoms with Gasteiger partial charge in [0.05, 0.1) is 29.9 Å². The number of phenolic OH excluding ortho intramolecular Hbond substituents is 1. The monoisotopic (exact) mass is 943 g/mol. The van der Waals surface area contributed by atoms with E-state index in [9.17, 15) is 5.11 Å². The van der Waals surface area contributed by atoms with Gasteiger partial charge in [0.1, 0.15) is 23.1 Å². The van der Waals surface area contributed by atoms with Gasteiger partial charge in [-0.05, 0) is 131 Å². The van der Waals surface area contributed by atoms with Gasteiger partial charge < -0.3 is 24.8 Å². The summed E-state index contributed by atoms with van der Waals surface area (Å²) in [5.74, 6) is 2.68. The second-order valence-corrected chi connectivity index (χ2v) is 15.5. The average molecular weight is 944 g/mol. The Morgan fingerprint density at radius 2 is 1.15 bits per heavy atom. The van der Waals surface area contributed by atoms with Crippen LogP contribution in [0.3, 0.4) is 0 Å². The highest BCUT2D eigenvalue weighted by molar-refractivity contribution is 14.1. The molecule has 0 spiro atoms. The average Bonchev–Trinajstić information content (AvgIpc) is 3.97. The molecule has 9 aromatic rings. The number of benzene rings is 6. The first kappa shape index (κ1) is 36.3. The molecular formula is C46H35I2N5O2. The van der Waals surface area contributed by atoms with E-state index in [1.54, 1.807) is 19.2 Å². The fraction of sp³-hybridized carbons (Fsp3) is 0.0435. The van der Waals surface area contributed by atoms with Gasteiger partial charge >= 0.3 is 0 Å². The molecule has 55 heavy (non-hydrogen) atoms. The number of methoxy groups -OCH3 is 1. The summed E-state index contributed by atoms with van der Waals surface area (Å²) in [6.45, 7) is 2.07. The number of halogens is 2. The largest absolute Gasteiger partial charge is 0.508 e. The van der Waals surface area contributed by atoms with Gasteiger partial charge in [0, 0.05) is 57.6 Å². The third-order valence-corrected chi connectivity index (χ3v) is 10.6. The minimum atomic E-state index is 0.236. The zero-order valence-corrected chi connectivity index (χ0v) is 34.3. The van der Waals surface area contributed by atoms with Crippen molar-refractivity contribution in [3.8, 4) is 79.3 Å². The second kappa shape index (κ2) is 16.0. The molecule has 6 aromatic carbocycles. The Kier molecular flexibility index (Phi) is 10.6. The first-order valence-electron chi connectivity index (χ1n) is 17.6. The van der Waals surface area contributed by atoms with E-state index in [2.05, 4.69) is 158 Å². The van der Waals surface area contributed by atoms with Crippen LogP contribution in [0, 0.1) is 14.1 Å². The van der Waals surface area contributed by atoms with Gasteiger partial charge in [-0.25, -0.2) is 9.97 Å². The third kappa shape index (κ3) is 7.94. The minimum absolute atomic E-state index is 0.236. The van der Waals surface area contributed by atoms with E-state index in [0.29, 0.717) is 0 Å². The lowest BCUT2D eigenvalue weighted by molar-refractivity contribution is 0.415. The molecule has 9 heteroatoms. The molecule has 0 atom stereocenters. The molecule has 7 nitrogen and oxygen atoms in total. The predicted molar refractivity (Wildman–Crippen MR) is 240 cm³/mol. The molecular weight excluding hydrogens is 908 g/mol. The summed E-state index contributed by atoms with van der Waals surface area (Å²) < 4.78 is 7.66. The Morgan fingerprint density at radius 1 is 0.564 bits per heavy atom. The van der Waals surface area contributed by atoms with Crippen molar-refractivity contribution in [1.82, 2.24) is 24.9 Å². The summed E-state index contributed by atoms with van der Waals surface area (Å²) in [6.07, 6.45) is 2.03. The van der Waals surface area contributed by atoms with Gasteiger partial charge in [-0.2, -0.15) is 0 Å². The molecule has 0 saturated heterocycles. The van der Waals surface area contributed by atoms with Crippen molar-refractivity contribution in [3.05, 3.63) is 164 Å². The Morgan fingerprint density at radius 3 is 1.85 bits per heavy atom. The summed E-state index contributed by atoms with van der Waals surface area (Å²) >= 11 is 4.70. The van der Waals surface area contributed by atoms with Gasteiger partial charge in [-0.15, -0.1) is 0 Å². The number of rotatable bonds is 7. The Hall–Kier alpha value is -5.66. The summed E-state index contributed by atoms with van der Waals surface area (Å²) in [6, 6.07) is 48.6. The maximum absolute atomic E-state index is 9.55. The summed E-state index contributed by atoms with van der Waals surface area (Å²) in [4.78, 5) is 20.3. The first-order chi connectivity index (χ1) is 26.8. The highest BCUT2D eigenvalue weighted by Gasteiger charge is 2.18. The van der Waals surface area contributed by atoms with Crippen molar-refractivity contribution in [2.75, 3.05) is 7.11 Å². The topological polar surface area (TPSA) is 103 Å². The molecule has 0 bridgehead atoms. The Labute approximate surface area is 346 Å². The maximum Gasteiger partial charge on any atom is 0.140 e. The number of aromatic hydroxyl groups is 1. The number of H-pyrrole nitrogens is 3. The zero-order valence-electron chi connectivity index (χ0n) is 29.9. The Bertz CT molecular complexity index is 2670. The molecule has 0 amide bonds. The van der Waals surface area contributed by atoms with Gasteiger partial charge in [-0.3, -0.25) is 0 Å². The van der Waals surface area contributed by atoms with E-state index >= 15 is 0 Å². The lowest BCUT2D eigenvalue weighted by Gasteiger charge is -2.05. The van der Waals surface area contributed by atoms with Crippen molar-refractivity contribution < 1.29 is 9.84 Å². The minimum Gasteiger partial charge on any atom is -0.508 e. The van der Waals surface area contributed by atoms with Gasteiger partial charge in [0.15, 0.2) is 0 Å². The number of para-hydroxylation sites is 1. The van der Waals surface area contributed by atoms with Crippen LogP contribution < -0.4 is 4.74 Å². The normalized spacial score (nSPS) is 11.0. The molecule has 0 unspecified atom stereocenters. The molecule has 3 aromatic heterocycles. The first-order valence-corrected chi connectivity index (χ1v) is 19.8. The molecule has 0 aliphatic carbocycles. The van der Waals surface area contributed by atoms with Crippen LogP contribution in [0.4, 0.5) is 0 Å². The zero-order chi connectivity index (χ0) is 37.9. The summed E-state index contributed by atoms with van der Waals surface area (Å²) in [5, 5.41) is 10.7. The van der Waals surface area contributed by atoms with E-state index in [1.165, 1.54) is 18.1 Å². The molecule has 0 aliphatic rings. The van der Waals surface area contributed by atoms with Crippen LogP contribution in [0.5, 0.6) is 11.5 Å². The van der Waals surface area contributed by atoms with Crippen LogP contribution in [-0.4, -0.2) is 37.1 Å². The number of fused-ring (bicyclic) bond motifs is 1. The van der Waals surface area contributed by atoms with Crippen molar-refractivity contribution in [3.63, 3.8) is 0 Å². The molecule has 0 radical (unpaired) electrons. The quantitative estimate of drug-likeness (QED) is 0.120. The van der Waals surface area contributed by atoms with Crippen LogP contribution >= 0.6 is 45.2 Å². The van der Waals surface area contributed by atoms with Crippen LogP contribution in [0.25, 0.3) is 78.7 Å². The van der Waals surface area contributed by atoms with Crippen LogP contribution in [0.2, 0.25) is 0 Å². The number of hydrogen-bond donors (Lipinski definition) is 4. The van der Waals surface area contributed by atoms with Crippen molar-refractivity contribution in [2.24, 2.45) is 0 Å². The summed E-state index contributed by atoms with van der Waals surface area (Å²) in [5.41, 5.74) is 12.5. The molecule has 0 saturated carbocycles. The number of aromatic nitrogens is 5. The number of aromatic amines is 3. The number of ether oxygens (including phenoxy) is 1. The molecule has 9 rings (SSSR count). The molecule has 0 fully saturated rings. The van der Waals surface area contributed by atoms with Crippen molar-refractivity contribution in [2.45, 2.75) is 6.92 Å². The molecule has 270 valence electrons. The van der Waals surface area contributed by atoms with Crippen LogP contribution in [0.1, 0.15) is 5.56 Å². The smallest absolute Gasteiger partial charge is 0.140 e. The van der Waals surface area contributed by atoms with Gasteiger partial charge in [-0.1, -0.05) is 72.3 Å². The fourth-order valence-corrected chi connectivity index (χ4v) is 7.57. The number of imidazole rings is 2. The van der Waals surface area contributed by atoms with E-state index in [1.807, 2.05) is 48.7 Å². The second-order valence-electron chi connectivity index (χ2n) is 13.0. The SMILES string of the molecule is COc1ccc(-c2nc(-c3ccc(O)cc3)[nH]c2-c2ccc(C)cc2)cc1.Ic1cccc(-c2nc(-c3c[nH]c4ccccc34)[nH]c2-c2cccc(I)c2)c1. The van der Waals surface area contributed by atoms with Crippen molar-refractivity contribution >= 4 is 56.1 Å². The number of phenols is 1. The fourth-order valence-electron chi connectivity index (χ4n) is 6.48. The maximum atomic E-state index is 9.55. The summed E-state index contributed by atoms with van der Waals surface area (Å²) in [7, 11) is 1.66. The highest BCUT2D eigenvalue weighted by Crippen LogP contribution is 2.37. The lowest BCUT2D eigenvalue weighted by Crippen LogP contribution is -1.86. The number of nitrogens with zero attached hydrogens (tertiary/aromatic N) is 2. The van der Waals surface area contributed by atoms with Crippen LogP contribution in [0.15, 0.2) is 152 Å². The van der Waals surface area contributed by atoms with Gasteiger partial charge in [0.2, 0.25) is 0 Å². The molecule has 4 N–H and O–H groups in total. The standard InChI is InChI=1S/C23H15I2N3.C23H20N2O2/c24-16-7-3-5-14(11-16)21-22(15-6-4-8-17(25)12-15)28-23(27-21)19-13-26-20-10-2-1-9-18(19)20;1-15-3-5-16(6-4-15)21-22(17-9-13-20(27-2)14-10-17)25-23(24-21)18-7-11-19(26)12-8-18/h1-13,26H,(H,27,28);3-14,26H,1-2H3,(H,24,25). The third-order valence-electron chi connectivity index (χ3n) is 9.31. The van der Waals surface area contributed by atoms with E-state index in [4.69, 9.17) is 14.7 Å². The van der Waals surface area contributed by atoms with Crippen molar-refractivity contribution in [1.29, 1.82) is 0 Å². The van der Waals surface area contributed by atoms with E-state index in [-0.39, 0.29) is 5.75 Å². The molecule has 0 aliphatic heterocycles. The number of hydrogen-bond acceptors (Lipinski definition) is 4. The van der Waals surface area contributed by atoms with Crippen LogP contribution in [-0.2, 0) is 0 Å². The predicted octanol–water partition coefficient (Wildman–Crippen LogP) is 12.5. The van der Waals surface area contributed by atoms with E-state index in [0.717, 1.165) is 79.1 Å². The Balaban J connectivity index is 0.000000155.